The molecule has 4 bridgehead atoms. The Morgan fingerprint density at radius 3 is 2.97 bits per heavy atom. The number of H-pyrrole nitrogens is 1. The second kappa shape index (κ2) is 10.1. The van der Waals surface area contributed by atoms with E-state index in [0.29, 0.717) is 30.9 Å². The van der Waals surface area contributed by atoms with Gasteiger partial charge in [-0.2, -0.15) is 5.10 Å². The fraction of sp³-hybridized carbons (Fsp3) is 0.357. The van der Waals surface area contributed by atoms with Crippen molar-refractivity contribution in [3.05, 3.63) is 60.0 Å². The summed E-state index contributed by atoms with van der Waals surface area (Å²) in [4.78, 5) is 9.00. The number of halogens is 1. The molecule has 0 saturated carbocycles. The molecule has 2 aromatic carbocycles. The highest BCUT2D eigenvalue weighted by atomic mass is 19.1. The molecule has 2 N–H and O–H groups in total. The van der Waals surface area contributed by atoms with E-state index in [2.05, 4.69) is 31.0 Å². The Bertz CT molecular complexity index is 1420. The van der Waals surface area contributed by atoms with Crippen molar-refractivity contribution in [1.82, 2.24) is 20.1 Å². The molecule has 1 unspecified atom stereocenters. The summed E-state index contributed by atoms with van der Waals surface area (Å²) in [5.74, 6) is 0.444. The SMILES string of the molecule is CN1CCN(c2ccc3cc2OCCCOCc2cccc(F)c2-c2cc4c-3n[nH]c4cn2)CC1CO. The van der Waals surface area contributed by atoms with Gasteiger partial charge in [-0.15, -0.1) is 0 Å². The van der Waals surface area contributed by atoms with E-state index >= 15 is 4.39 Å². The first kappa shape index (κ1) is 23.8. The normalized spacial score (nSPS) is 18.8. The third kappa shape index (κ3) is 4.54. The summed E-state index contributed by atoms with van der Waals surface area (Å²) in [5, 5.41) is 18.3. The quantitative estimate of drug-likeness (QED) is 0.430. The summed E-state index contributed by atoms with van der Waals surface area (Å²) in [6.45, 7) is 3.78. The van der Waals surface area contributed by atoms with Crippen molar-refractivity contribution in [1.29, 1.82) is 0 Å². The highest BCUT2D eigenvalue weighted by Gasteiger charge is 2.26. The molecule has 37 heavy (non-hydrogen) atoms. The van der Waals surface area contributed by atoms with Gasteiger partial charge in [-0.1, -0.05) is 18.2 Å². The largest absolute Gasteiger partial charge is 0.491 e. The summed E-state index contributed by atoms with van der Waals surface area (Å²) >= 11 is 0. The van der Waals surface area contributed by atoms with Gasteiger partial charge in [0, 0.05) is 42.6 Å². The summed E-state index contributed by atoms with van der Waals surface area (Å²) in [6, 6.07) is 13.1. The standard InChI is InChI=1S/C28H30FN5O3/c1-33-8-9-34(15-20(33)16-35)25-7-6-18-12-26(25)37-11-3-10-36-17-19-4-2-5-22(29)27(19)23-13-21-24(14-30-23)31-32-28(18)21/h2,4-7,12-14,20,35H,3,8-11,15-17H2,1H3,(H,31,32). The number of piperazine rings is 1. The van der Waals surface area contributed by atoms with Gasteiger partial charge in [0.25, 0.3) is 0 Å². The number of nitrogens with zero attached hydrogens (tertiary/aromatic N) is 4. The lowest BCUT2D eigenvalue weighted by Gasteiger charge is -2.40. The number of aromatic nitrogens is 3. The summed E-state index contributed by atoms with van der Waals surface area (Å²) < 4.78 is 27.2. The smallest absolute Gasteiger partial charge is 0.143 e. The molecule has 9 heteroatoms. The molecular formula is C28H30FN5O3. The number of aromatic amines is 1. The highest BCUT2D eigenvalue weighted by molar-refractivity contribution is 5.95. The number of aliphatic hydroxyl groups is 1. The van der Waals surface area contributed by atoms with Crippen LogP contribution in [0, 0.1) is 5.82 Å². The lowest BCUT2D eigenvalue weighted by molar-refractivity contribution is 0.107. The molecule has 8 nitrogen and oxygen atoms in total. The van der Waals surface area contributed by atoms with Gasteiger partial charge in [-0.3, -0.25) is 15.0 Å². The lowest BCUT2D eigenvalue weighted by Crippen LogP contribution is -2.53. The fourth-order valence-corrected chi connectivity index (χ4v) is 5.17. The van der Waals surface area contributed by atoms with Crippen molar-refractivity contribution in [2.45, 2.75) is 19.1 Å². The van der Waals surface area contributed by atoms with Crippen LogP contribution in [0.3, 0.4) is 0 Å². The number of hydrogen-bond acceptors (Lipinski definition) is 7. The number of anilines is 1. The van der Waals surface area contributed by atoms with Crippen LogP contribution in [0.2, 0.25) is 0 Å². The van der Waals surface area contributed by atoms with Crippen molar-refractivity contribution in [3.8, 4) is 28.3 Å². The minimum absolute atomic E-state index is 0.0690. The van der Waals surface area contributed by atoms with Gasteiger partial charge in [0.05, 0.1) is 55.6 Å². The molecular weight excluding hydrogens is 473 g/mol. The topological polar surface area (TPSA) is 86.7 Å². The van der Waals surface area contributed by atoms with E-state index in [9.17, 15) is 5.11 Å². The number of fused-ring (bicyclic) bond motifs is 6. The molecule has 1 saturated heterocycles. The molecule has 0 spiro atoms. The Kier molecular flexibility index (Phi) is 6.50. The van der Waals surface area contributed by atoms with Crippen LogP contribution in [0.25, 0.3) is 33.4 Å². The van der Waals surface area contributed by atoms with Gasteiger partial charge in [0.1, 0.15) is 17.3 Å². The maximum Gasteiger partial charge on any atom is 0.143 e. The molecule has 4 heterocycles. The molecule has 0 amide bonds. The van der Waals surface area contributed by atoms with E-state index < -0.39 is 0 Å². The number of likely N-dealkylation sites (N-methyl/N-ethyl adjacent to an activating group) is 1. The first-order valence-corrected chi connectivity index (χ1v) is 12.7. The third-order valence-electron chi connectivity index (χ3n) is 7.31. The minimum atomic E-state index is -0.328. The van der Waals surface area contributed by atoms with Crippen molar-refractivity contribution in [3.63, 3.8) is 0 Å². The average Bonchev–Trinajstić information content (AvgIpc) is 3.34. The van der Waals surface area contributed by atoms with E-state index in [1.165, 1.54) is 6.07 Å². The third-order valence-corrected chi connectivity index (χ3v) is 7.31. The Labute approximate surface area is 214 Å². The number of nitrogens with one attached hydrogen (secondary N) is 1. The van der Waals surface area contributed by atoms with Gasteiger partial charge in [-0.25, -0.2) is 4.39 Å². The Hall–Kier alpha value is -3.53. The fourth-order valence-electron chi connectivity index (χ4n) is 5.17. The van der Waals surface area contributed by atoms with Crippen molar-refractivity contribution in [2.24, 2.45) is 0 Å². The summed E-state index contributed by atoms with van der Waals surface area (Å²) in [6.07, 6.45) is 2.39. The van der Waals surface area contributed by atoms with Crippen LogP contribution in [0.15, 0.2) is 48.7 Å². The number of hydrogen-bond donors (Lipinski definition) is 2. The number of rotatable bonds is 2. The zero-order valence-electron chi connectivity index (χ0n) is 20.8. The maximum atomic E-state index is 15.0. The number of pyridine rings is 1. The van der Waals surface area contributed by atoms with Crippen LogP contribution in [-0.2, 0) is 11.3 Å². The summed E-state index contributed by atoms with van der Waals surface area (Å²) in [7, 11) is 2.04. The second-order valence-corrected chi connectivity index (χ2v) is 9.66. The highest BCUT2D eigenvalue weighted by Crippen LogP contribution is 2.37. The van der Waals surface area contributed by atoms with E-state index in [-0.39, 0.29) is 25.1 Å². The number of aliphatic hydroxyl groups excluding tert-OH is 1. The zero-order valence-corrected chi connectivity index (χ0v) is 20.8. The average molecular weight is 504 g/mol. The Morgan fingerprint density at radius 2 is 2.08 bits per heavy atom. The molecule has 192 valence electrons. The van der Waals surface area contributed by atoms with Crippen LogP contribution >= 0.6 is 0 Å². The molecule has 4 aromatic rings. The van der Waals surface area contributed by atoms with Crippen LogP contribution in [0.1, 0.15) is 12.0 Å². The van der Waals surface area contributed by atoms with Crippen LogP contribution in [0.5, 0.6) is 5.75 Å². The number of ether oxygens (including phenoxy) is 2. The van der Waals surface area contributed by atoms with Crippen LogP contribution < -0.4 is 9.64 Å². The monoisotopic (exact) mass is 503 g/mol. The van der Waals surface area contributed by atoms with Crippen LogP contribution in [-0.4, -0.2) is 77.7 Å². The molecule has 0 aliphatic carbocycles. The predicted octanol–water partition coefficient (Wildman–Crippen LogP) is 3.84. The predicted molar refractivity (Wildman–Crippen MR) is 140 cm³/mol. The van der Waals surface area contributed by atoms with Crippen molar-refractivity contribution in [2.75, 3.05) is 51.4 Å². The van der Waals surface area contributed by atoms with Crippen LogP contribution in [0.4, 0.5) is 10.1 Å². The van der Waals surface area contributed by atoms with Gasteiger partial charge in [0.15, 0.2) is 0 Å². The molecule has 2 aliphatic rings. The van der Waals surface area contributed by atoms with E-state index in [1.807, 2.05) is 31.3 Å². The van der Waals surface area contributed by atoms with E-state index in [4.69, 9.17) is 9.47 Å². The lowest BCUT2D eigenvalue weighted by atomic mass is 10.0. The van der Waals surface area contributed by atoms with Gasteiger partial charge in [0.2, 0.25) is 0 Å². The second-order valence-electron chi connectivity index (χ2n) is 9.66. The first-order valence-electron chi connectivity index (χ1n) is 12.7. The molecule has 2 aromatic heterocycles. The molecule has 6 rings (SSSR count). The Balaban J connectivity index is 1.45. The minimum Gasteiger partial charge on any atom is -0.491 e. The summed E-state index contributed by atoms with van der Waals surface area (Å²) in [5.41, 5.74) is 5.17. The molecule has 0 radical (unpaired) electrons. The molecule has 1 fully saturated rings. The zero-order chi connectivity index (χ0) is 25.4. The first-order chi connectivity index (χ1) is 18.1. The van der Waals surface area contributed by atoms with E-state index in [1.54, 1.807) is 12.3 Å². The number of benzene rings is 2. The van der Waals surface area contributed by atoms with Gasteiger partial charge < -0.3 is 19.5 Å². The van der Waals surface area contributed by atoms with Gasteiger partial charge in [-0.05, 0) is 36.9 Å². The molecule has 1 atom stereocenters. The van der Waals surface area contributed by atoms with Crippen molar-refractivity contribution < 1.29 is 19.0 Å². The molecule has 2 aliphatic heterocycles. The van der Waals surface area contributed by atoms with Crippen molar-refractivity contribution >= 4 is 16.6 Å². The Morgan fingerprint density at radius 1 is 1.16 bits per heavy atom. The van der Waals surface area contributed by atoms with Gasteiger partial charge >= 0.3 is 0 Å². The van der Waals surface area contributed by atoms with E-state index in [0.717, 1.165) is 58.8 Å². The maximum absolute atomic E-state index is 15.0.